The highest BCUT2D eigenvalue weighted by Crippen LogP contribution is 2.19. The summed E-state index contributed by atoms with van der Waals surface area (Å²) in [6, 6.07) is 17.0. The molecule has 0 aromatic heterocycles. The van der Waals surface area contributed by atoms with Gasteiger partial charge in [0.15, 0.2) is 0 Å². The van der Waals surface area contributed by atoms with E-state index < -0.39 is 0 Å². The van der Waals surface area contributed by atoms with Crippen LogP contribution in [-0.4, -0.2) is 11.8 Å². The van der Waals surface area contributed by atoms with Crippen LogP contribution in [0.25, 0.3) is 0 Å². The molecule has 2 aromatic carbocycles. The zero-order chi connectivity index (χ0) is 13.5. The Morgan fingerprint density at radius 3 is 2.37 bits per heavy atom. The fourth-order valence-corrected chi connectivity index (χ4v) is 2.73. The Hall–Kier alpha value is -1.36. The Morgan fingerprint density at radius 1 is 1.05 bits per heavy atom. The molecule has 0 amide bonds. The first-order chi connectivity index (χ1) is 9.28. The molecule has 0 fully saturated rings. The Labute approximate surface area is 117 Å². The Kier molecular flexibility index (Phi) is 5.39. The summed E-state index contributed by atoms with van der Waals surface area (Å²) in [6.07, 6.45) is 0.880. The summed E-state index contributed by atoms with van der Waals surface area (Å²) in [6.45, 7) is 0. The minimum absolute atomic E-state index is 0.192. The standard InChI is InChI=1S/C15H17FN2S/c16-13-6-8-15(9-7-13)19-11-14(18-17)10-12-4-2-1-3-5-12/h1-9,14,18H,10-11,17H2. The molecule has 0 heterocycles. The topological polar surface area (TPSA) is 38.0 Å². The Bertz CT molecular complexity index is 487. The third-order valence-electron chi connectivity index (χ3n) is 2.83. The molecule has 0 saturated heterocycles. The van der Waals surface area contributed by atoms with Gasteiger partial charge < -0.3 is 0 Å². The van der Waals surface area contributed by atoms with Crippen molar-refractivity contribution in [1.29, 1.82) is 0 Å². The van der Waals surface area contributed by atoms with Crippen LogP contribution < -0.4 is 11.3 Å². The number of hydrazine groups is 1. The van der Waals surface area contributed by atoms with E-state index >= 15 is 0 Å². The molecule has 2 rings (SSSR count). The van der Waals surface area contributed by atoms with Crippen molar-refractivity contribution >= 4 is 11.8 Å². The van der Waals surface area contributed by atoms with Crippen LogP contribution in [0.2, 0.25) is 0 Å². The van der Waals surface area contributed by atoms with Gasteiger partial charge in [-0.15, -0.1) is 11.8 Å². The number of nitrogens with one attached hydrogen (secondary N) is 1. The van der Waals surface area contributed by atoms with E-state index in [2.05, 4.69) is 17.6 Å². The van der Waals surface area contributed by atoms with Crippen molar-refractivity contribution in [2.45, 2.75) is 17.4 Å². The Balaban J connectivity index is 1.87. The lowest BCUT2D eigenvalue weighted by molar-refractivity contribution is 0.575. The van der Waals surface area contributed by atoms with E-state index in [0.29, 0.717) is 0 Å². The molecule has 0 radical (unpaired) electrons. The maximum absolute atomic E-state index is 12.8. The number of thioether (sulfide) groups is 1. The summed E-state index contributed by atoms with van der Waals surface area (Å²) in [5.41, 5.74) is 4.09. The van der Waals surface area contributed by atoms with E-state index in [-0.39, 0.29) is 11.9 Å². The van der Waals surface area contributed by atoms with Gasteiger partial charge in [-0.25, -0.2) is 4.39 Å². The third-order valence-corrected chi connectivity index (χ3v) is 4.00. The SMILES string of the molecule is NNC(CSc1ccc(F)cc1)Cc1ccccc1. The minimum Gasteiger partial charge on any atom is -0.271 e. The fourth-order valence-electron chi connectivity index (χ4n) is 1.79. The van der Waals surface area contributed by atoms with Crippen molar-refractivity contribution in [2.75, 3.05) is 5.75 Å². The van der Waals surface area contributed by atoms with Crippen LogP contribution >= 0.6 is 11.8 Å². The van der Waals surface area contributed by atoms with Gasteiger partial charge in [0.1, 0.15) is 5.82 Å². The summed E-state index contributed by atoms with van der Waals surface area (Å²) >= 11 is 1.67. The number of halogens is 1. The first-order valence-electron chi connectivity index (χ1n) is 6.16. The highest BCUT2D eigenvalue weighted by molar-refractivity contribution is 7.99. The largest absolute Gasteiger partial charge is 0.271 e. The molecule has 4 heteroatoms. The van der Waals surface area contributed by atoms with Crippen molar-refractivity contribution < 1.29 is 4.39 Å². The van der Waals surface area contributed by atoms with Crippen LogP contribution in [0, 0.1) is 5.82 Å². The molecule has 0 aliphatic carbocycles. The molecular formula is C15H17FN2S. The van der Waals surface area contributed by atoms with Gasteiger partial charge >= 0.3 is 0 Å². The number of benzene rings is 2. The Morgan fingerprint density at radius 2 is 1.74 bits per heavy atom. The molecule has 0 bridgehead atoms. The quantitative estimate of drug-likeness (QED) is 0.484. The lowest BCUT2D eigenvalue weighted by Crippen LogP contribution is -2.38. The van der Waals surface area contributed by atoms with E-state index in [1.54, 1.807) is 23.9 Å². The number of rotatable bonds is 6. The normalized spacial score (nSPS) is 12.3. The van der Waals surface area contributed by atoms with Gasteiger partial charge in [0.25, 0.3) is 0 Å². The van der Waals surface area contributed by atoms with Crippen LogP contribution in [0.15, 0.2) is 59.5 Å². The highest BCUT2D eigenvalue weighted by Gasteiger charge is 2.08. The third kappa shape index (κ3) is 4.67. The van der Waals surface area contributed by atoms with Crippen LogP contribution in [0.4, 0.5) is 4.39 Å². The van der Waals surface area contributed by atoms with Crippen molar-refractivity contribution in [1.82, 2.24) is 5.43 Å². The zero-order valence-electron chi connectivity index (χ0n) is 10.6. The lowest BCUT2D eigenvalue weighted by atomic mass is 10.1. The first-order valence-corrected chi connectivity index (χ1v) is 7.15. The van der Waals surface area contributed by atoms with Crippen molar-refractivity contribution in [3.8, 4) is 0 Å². The van der Waals surface area contributed by atoms with Crippen LogP contribution in [0.1, 0.15) is 5.56 Å². The van der Waals surface area contributed by atoms with Crippen molar-refractivity contribution in [2.24, 2.45) is 5.84 Å². The van der Waals surface area contributed by atoms with Crippen LogP contribution in [0.3, 0.4) is 0 Å². The second kappa shape index (κ2) is 7.28. The second-order valence-electron chi connectivity index (χ2n) is 4.32. The highest BCUT2D eigenvalue weighted by atomic mass is 32.2. The first kappa shape index (κ1) is 14.1. The number of hydrogen-bond donors (Lipinski definition) is 2. The van der Waals surface area contributed by atoms with Gasteiger partial charge in [0.05, 0.1) is 0 Å². The second-order valence-corrected chi connectivity index (χ2v) is 5.41. The molecule has 0 aliphatic heterocycles. The summed E-state index contributed by atoms with van der Waals surface area (Å²) in [7, 11) is 0. The van der Waals surface area contributed by atoms with Gasteiger partial charge in [-0.2, -0.15) is 0 Å². The smallest absolute Gasteiger partial charge is 0.123 e. The van der Waals surface area contributed by atoms with Gasteiger partial charge in [0, 0.05) is 16.7 Å². The van der Waals surface area contributed by atoms with Gasteiger partial charge in [0.2, 0.25) is 0 Å². The van der Waals surface area contributed by atoms with E-state index in [4.69, 9.17) is 5.84 Å². The predicted octanol–water partition coefficient (Wildman–Crippen LogP) is 2.99. The number of hydrogen-bond acceptors (Lipinski definition) is 3. The molecule has 0 saturated carbocycles. The molecule has 2 nitrogen and oxygen atoms in total. The van der Waals surface area contributed by atoms with E-state index in [1.807, 2.05) is 18.2 Å². The average molecular weight is 276 g/mol. The predicted molar refractivity (Wildman–Crippen MR) is 78.4 cm³/mol. The summed E-state index contributed by atoms with van der Waals surface area (Å²) < 4.78 is 12.8. The average Bonchev–Trinajstić information content (AvgIpc) is 2.46. The monoisotopic (exact) mass is 276 g/mol. The molecule has 3 N–H and O–H groups in total. The molecule has 1 atom stereocenters. The maximum Gasteiger partial charge on any atom is 0.123 e. The van der Waals surface area contributed by atoms with E-state index in [9.17, 15) is 4.39 Å². The molecular weight excluding hydrogens is 259 g/mol. The maximum atomic E-state index is 12.8. The minimum atomic E-state index is -0.206. The molecule has 0 spiro atoms. The van der Waals surface area contributed by atoms with Crippen molar-refractivity contribution in [3.05, 3.63) is 66.0 Å². The number of nitrogens with two attached hydrogens (primary N) is 1. The van der Waals surface area contributed by atoms with Crippen molar-refractivity contribution in [3.63, 3.8) is 0 Å². The van der Waals surface area contributed by atoms with Crippen LogP contribution in [0.5, 0.6) is 0 Å². The van der Waals surface area contributed by atoms with Gasteiger partial charge in [-0.1, -0.05) is 30.3 Å². The zero-order valence-corrected chi connectivity index (χ0v) is 11.4. The molecule has 0 aliphatic rings. The molecule has 19 heavy (non-hydrogen) atoms. The fraction of sp³-hybridized carbons (Fsp3) is 0.200. The van der Waals surface area contributed by atoms with E-state index in [0.717, 1.165) is 17.1 Å². The summed E-state index contributed by atoms with van der Waals surface area (Å²) in [4.78, 5) is 1.05. The molecule has 2 aromatic rings. The summed E-state index contributed by atoms with van der Waals surface area (Å²) in [5.74, 6) is 6.22. The van der Waals surface area contributed by atoms with Crippen LogP contribution in [-0.2, 0) is 6.42 Å². The van der Waals surface area contributed by atoms with Gasteiger partial charge in [-0.05, 0) is 36.2 Å². The molecule has 100 valence electrons. The molecule has 1 unspecified atom stereocenters. The van der Waals surface area contributed by atoms with E-state index in [1.165, 1.54) is 17.7 Å². The summed E-state index contributed by atoms with van der Waals surface area (Å²) in [5, 5.41) is 0. The van der Waals surface area contributed by atoms with Gasteiger partial charge in [-0.3, -0.25) is 11.3 Å². The lowest BCUT2D eigenvalue weighted by Gasteiger charge is -2.15.